The van der Waals surface area contributed by atoms with Crippen LogP contribution in [0.1, 0.15) is 20.8 Å². The maximum Gasteiger partial charge on any atom is 0.294 e. The van der Waals surface area contributed by atoms with E-state index in [4.69, 9.17) is 9.40 Å². The highest BCUT2D eigenvalue weighted by atomic mass is 79.9. The average Bonchev–Trinajstić information content (AvgIpc) is 3.12. The molecule has 0 amide bonds. The highest BCUT2D eigenvalue weighted by Crippen LogP contribution is 2.29. The van der Waals surface area contributed by atoms with Crippen molar-refractivity contribution in [3.8, 4) is 11.4 Å². The molecule has 5 rings (SSSR count). The van der Waals surface area contributed by atoms with Gasteiger partial charge in [-0.15, -0.1) is 0 Å². The molecule has 7 heteroatoms. The van der Waals surface area contributed by atoms with Crippen LogP contribution in [0.3, 0.4) is 0 Å². The molecule has 2 aromatic heterocycles. The summed E-state index contributed by atoms with van der Waals surface area (Å²) < 4.78 is 6.64. The molecule has 1 aliphatic rings. The average molecular weight is 481 g/mol. The summed E-state index contributed by atoms with van der Waals surface area (Å²) in [5, 5.41) is 0.824. The Balaban J connectivity index is 1.44. The molecule has 2 aromatic carbocycles. The van der Waals surface area contributed by atoms with Crippen molar-refractivity contribution in [3.63, 3.8) is 0 Å². The first kappa shape index (κ1) is 20.3. The number of rotatable bonds is 2. The summed E-state index contributed by atoms with van der Waals surface area (Å²) in [7, 11) is 0. The van der Waals surface area contributed by atoms with Crippen LogP contribution in [0, 0.1) is 0 Å². The van der Waals surface area contributed by atoms with E-state index in [9.17, 15) is 4.79 Å². The minimum atomic E-state index is -0.269. The Kier molecular flexibility index (Phi) is 4.90. The first-order valence-electron chi connectivity index (χ1n) is 10.5. The molecule has 0 atom stereocenters. The van der Waals surface area contributed by atoms with Gasteiger partial charge in [0.25, 0.3) is 5.56 Å². The van der Waals surface area contributed by atoms with Gasteiger partial charge < -0.3 is 14.3 Å². The molecule has 31 heavy (non-hydrogen) atoms. The zero-order chi connectivity index (χ0) is 21.8. The molecule has 6 nitrogen and oxygen atoms in total. The summed E-state index contributed by atoms with van der Waals surface area (Å²) >= 11 is 3.48. The van der Waals surface area contributed by atoms with E-state index in [0.29, 0.717) is 16.9 Å². The summed E-state index contributed by atoms with van der Waals surface area (Å²) in [5.41, 5.74) is 3.49. The van der Waals surface area contributed by atoms with E-state index in [1.54, 1.807) is 0 Å². The van der Waals surface area contributed by atoms with Crippen molar-refractivity contribution in [2.45, 2.75) is 26.3 Å². The lowest BCUT2D eigenvalue weighted by Gasteiger charge is -2.43. The zero-order valence-corrected chi connectivity index (χ0v) is 19.5. The Morgan fingerprint density at radius 3 is 2.42 bits per heavy atom. The molecule has 0 aliphatic carbocycles. The minimum absolute atomic E-state index is 0.207. The van der Waals surface area contributed by atoms with E-state index in [1.807, 2.05) is 30.3 Å². The molecule has 0 radical (unpaired) electrons. The van der Waals surface area contributed by atoms with Gasteiger partial charge in [-0.3, -0.25) is 9.69 Å². The summed E-state index contributed by atoms with van der Waals surface area (Å²) in [6.07, 6.45) is 0. The maximum atomic E-state index is 12.6. The second kappa shape index (κ2) is 7.50. The van der Waals surface area contributed by atoms with Crippen molar-refractivity contribution in [2.75, 3.05) is 31.1 Å². The number of aromatic nitrogens is 2. The number of piperazine rings is 1. The molecule has 0 unspecified atom stereocenters. The van der Waals surface area contributed by atoms with Crippen molar-refractivity contribution in [1.29, 1.82) is 0 Å². The molecule has 1 N–H and O–H groups in total. The molecule has 0 saturated carbocycles. The fourth-order valence-corrected chi connectivity index (χ4v) is 4.59. The molecule has 0 bridgehead atoms. The van der Waals surface area contributed by atoms with Gasteiger partial charge in [0, 0.05) is 52.8 Å². The smallest absolute Gasteiger partial charge is 0.294 e. The topological polar surface area (TPSA) is 65.4 Å². The number of anilines is 1. The van der Waals surface area contributed by atoms with Gasteiger partial charge in [-0.05, 0) is 63.2 Å². The predicted molar refractivity (Wildman–Crippen MR) is 129 cm³/mol. The van der Waals surface area contributed by atoms with Gasteiger partial charge in [0.1, 0.15) is 16.9 Å². The monoisotopic (exact) mass is 480 g/mol. The fraction of sp³-hybridized carbons (Fsp3) is 0.333. The van der Waals surface area contributed by atoms with E-state index in [1.165, 1.54) is 5.69 Å². The van der Waals surface area contributed by atoms with E-state index in [0.717, 1.165) is 41.6 Å². The van der Waals surface area contributed by atoms with Crippen LogP contribution in [0.25, 0.3) is 33.5 Å². The van der Waals surface area contributed by atoms with Crippen molar-refractivity contribution in [2.24, 2.45) is 0 Å². The molecule has 1 fully saturated rings. The lowest BCUT2D eigenvalue weighted by Crippen LogP contribution is -2.53. The first-order valence-corrected chi connectivity index (χ1v) is 11.3. The Hall–Kier alpha value is -2.64. The van der Waals surface area contributed by atoms with E-state index in [-0.39, 0.29) is 16.7 Å². The van der Waals surface area contributed by atoms with Crippen molar-refractivity contribution >= 4 is 43.7 Å². The number of nitrogens with zero attached hydrogens (tertiary/aromatic N) is 3. The third kappa shape index (κ3) is 3.77. The number of hydrogen-bond acceptors (Lipinski definition) is 5. The standard InChI is InChI=1S/C24H25BrN4O2/c1-24(2,3)29-12-10-28(11-13-29)17-7-4-15(5-8-17)22-26-20-18-14-16(25)6-9-19(18)31-21(20)23(30)27-22/h4-9,14H,10-13H2,1-3H3,(H,26,27,30). The summed E-state index contributed by atoms with van der Waals surface area (Å²) in [4.78, 5) is 25.2. The van der Waals surface area contributed by atoms with Crippen LogP contribution in [0.2, 0.25) is 0 Å². The normalized spacial score (nSPS) is 15.8. The highest BCUT2D eigenvalue weighted by Gasteiger charge is 2.25. The number of benzene rings is 2. The minimum Gasteiger partial charge on any atom is -0.449 e. The van der Waals surface area contributed by atoms with Crippen molar-refractivity contribution in [3.05, 3.63) is 57.3 Å². The Morgan fingerprint density at radius 1 is 1.03 bits per heavy atom. The van der Waals surface area contributed by atoms with Crippen LogP contribution in [0.5, 0.6) is 0 Å². The Labute approximate surface area is 189 Å². The second-order valence-corrected chi connectivity index (χ2v) is 9.94. The van der Waals surface area contributed by atoms with Crippen LogP contribution >= 0.6 is 15.9 Å². The molecule has 160 valence electrons. The molecular formula is C24H25BrN4O2. The van der Waals surface area contributed by atoms with Crippen molar-refractivity contribution < 1.29 is 4.42 Å². The van der Waals surface area contributed by atoms with Crippen LogP contribution < -0.4 is 10.5 Å². The van der Waals surface area contributed by atoms with Gasteiger partial charge >= 0.3 is 0 Å². The van der Waals surface area contributed by atoms with E-state index >= 15 is 0 Å². The fourth-order valence-electron chi connectivity index (χ4n) is 4.23. The Morgan fingerprint density at radius 2 is 1.74 bits per heavy atom. The molecule has 1 aliphatic heterocycles. The van der Waals surface area contributed by atoms with Crippen molar-refractivity contribution in [1.82, 2.24) is 14.9 Å². The number of aromatic amines is 1. The number of H-pyrrole nitrogens is 1. The second-order valence-electron chi connectivity index (χ2n) is 9.03. The summed E-state index contributed by atoms with van der Waals surface area (Å²) in [6, 6.07) is 13.9. The number of nitrogens with one attached hydrogen (secondary N) is 1. The number of halogens is 1. The maximum absolute atomic E-state index is 12.6. The van der Waals surface area contributed by atoms with Crippen LogP contribution in [-0.2, 0) is 0 Å². The zero-order valence-electron chi connectivity index (χ0n) is 17.9. The SMILES string of the molecule is CC(C)(C)N1CCN(c2ccc(-c3nc4c(oc5ccc(Br)cc54)c(=O)[nH]3)cc2)CC1. The molecule has 0 spiro atoms. The van der Waals surface area contributed by atoms with Gasteiger partial charge in [0.15, 0.2) is 0 Å². The van der Waals surface area contributed by atoms with Crippen LogP contribution in [-0.4, -0.2) is 46.6 Å². The summed E-state index contributed by atoms with van der Waals surface area (Å²) in [6.45, 7) is 10.9. The van der Waals surface area contributed by atoms with Gasteiger partial charge in [-0.25, -0.2) is 4.98 Å². The lowest BCUT2D eigenvalue weighted by molar-refractivity contribution is 0.128. The Bertz CT molecular complexity index is 1310. The molecule has 4 aromatic rings. The number of furan rings is 1. The van der Waals surface area contributed by atoms with E-state index < -0.39 is 0 Å². The highest BCUT2D eigenvalue weighted by molar-refractivity contribution is 9.10. The van der Waals surface area contributed by atoms with Gasteiger partial charge in [0.2, 0.25) is 5.58 Å². The van der Waals surface area contributed by atoms with E-state index in [2.05, 4.69) is 63.6 Å². The van der Waals surface area contributed by atoms with Gasteiger partial charge in [0.05, 0.1) is 0 Å². The third-order valence-corrected chi connectivity index (χ3v) is 6.51. The van der Waals surface area contributed by atoms with Gasteiger partial charge in [-0.2, -0.15) is 0 Å². The molecule has 3 heterocycles. The third-order valence-electron chi connectivity index (χ3n) is 6.02. The molecule has 1 saturated heterocycles. The number of fused-ring (bicyclic) bond motifs is 3. The largest absolute Gasteiger partial charge is 0.449 e. The van der Waals surface area contributed by atoms with Crippen LogP contribution in [0.15, 0.2) is 56.1 Å². The summed E-state index contributed by atoms with van der Waals surface area (Å²) in [5.74, 6) is 0.546. The quantitative estimate of drug-likeness (QED) is 0.436. The predicted octanol–water partition coefficient (Wildman–Crippen LogP) is 5.02. The first-order chi connectivity index (χ1) is 14.8. The van der Waals surface area contributed by atoms with Crippen LogP contribution in [0.4, 0.5) is 5.69 Å². The molecular weight excluding hydrogens is 456 g/mol. The number of hydrogen-bond donors (Lipinski definition) is 1. The van der Waals surface area contributed by atoms with Gasteiger partial charge in [-0.1, -0.05) is 15.9 Å². The lowest BCUT2D eigenvalue weighted by atomic mass is 10.0.